The third kappa shape index (κ3) is 6.12. The molecule has 0 heterocycles. The van der Waals surface area contributed by atoms with Crippen LogP contribution in [0.3, 0.4) is 0 Å². The molecule has 128 valence electrons. The average Bonchev–Trinajstić information content (AvgIpc) is 2.54. The standard InChI is InChI=1S/C17H15ClF3NO2/c18-14-5-1-12(2-6-14)9-10-22-16(23)13-3-7-15(8-4-13)24-11-17(19,20)21/h1-8H,9-11H2,(H,22,23). The Kier molecular flexibility index (Phi) is 6.09. The van der Waals surface area contributed by atoms with Crippen molar-refractivity contribution in [2.75, 3.05) is 13.2 Å². The van der Waals surface area contributed by atoms with Crippen LogP contribution in [-0.4, -0.2) is 25.2 Å². The van der Waals surface area contributed by atoms with E-state index in [0.29, 0.717) is 23.6 Å². The summed E-state index contributed by atoms with van der Waals surface area (Å²) in [5, 5.41) is 3.39. The first-order valence-electron chi connectivity index (χ1n) is 7.16. The van der Waals surface area contributed by atoms with Gasteiger partial charge in [0.1, 0.15) is 5.75 Å². The molecule has 0 aliphatic carbocycles. The van der Waals surface area contributed by atoms with Gasteiger partial charge in [0.2, 0.25) is 0 Å². The van der Waals surface area contributed by atoms with Crippen LogP contribution < -0.4 is 10.1 Å². The fourth-order valence-corrected chi connectivity index (χ4v) is 2.07. The maximum absolute atomic E-state index is 12.1. The average molecular weight is 358 g/mol. The van der Waals surface area contributed by atoms with Crippen molar-refractivity contribution >= 4 is 17.5 Å². The second kappa shape index (κ2) is 8.06. The van der Waals surface area contributed by atoms with Crippen LogP contribution in [0.2, 0.25) is 5.02 Å². The molecule has 3 nitrogen and oxygen atoms in total. The van der Waals surface area contributed by atoms with E-state index in [-0.39, 0.29) is 11.7 Å². The largest absolute Gasteiger partial charge is 0.484 e. The summed E-state index contributed by atoms with van der Waals surface area (Å²) in [6.45, 7) is -0.924. The van der Waals surface area contributed by atoms with Crippen LogP contribution in [-0.2, 0) is 6.42 Å². The molecule has 0 aliphatic heterocycles. The molecule has 0 saturated heterocycles. The summed E-state index contributed by atoms with van der Waals surface area (Å²) in [6.07, 6.45) is -3.74. The number of nitrogens with one attached hydrogen (secondary N) is 1. The minimum atomic E-state index is -4.39. The number of hydrogen-bond acceptors (Lipinski definition) is 2. The second-order valence-electron chi connectivity index (χ2n) is 5.06. The predicted molar refractivity (Wildman–Crippen MR) is 85.5 cm³/mol. The lowest BCUT2D eigenvalue weighted by Gasteiger charge is -2.10. The van der Waals surface area contributed by atoms with Gasteiger partial charge in [-0.15, -0.1) is 0 Å². The van der Waals surface area contributed by atoms with Crippen molar-refractivity contribution in [2.24, 2.45) is 0 Å². The van der Waals surface area contributed by atoms with E-state index in [1.165, 1.54) is 24.3 Å². The molecule has 1 N–H and O–H groups in total. The molecule has 2 rings (SSSR count). The zero-order valence-corrected chi connectivity index (χ0v) is 13.3. The van der Waals surface area contributed by atoms with Gasteiger partial charge in [0.25, 0.3) is 5.91 Å². The summed E-state index contributed by atoms with van der Waals surface area (Å²) in [5.74, 6) is -0.239. The summed E-state index contributed by atoms with van der Waals surface area (Å²) in [7, 11) is 0. The van der Waals surface area contributed by atoms with Gasteiger partial charge in [-0.25, -0.2) is 0 Å². The van der Waals surface area contributed by atoms with Gasteiger partial charge >= 0.3 is 6.18 Å². The second-order valence-corrected chi connectivity index (χ2v) is 5.50. The highest BCUT2D eigenvalue weighted by molar-refractivity contribution is 6.30. The lowest BCUT2D eigenvalue weighted by Crippen LogP contribution is -2.25. The van der Waals surface area contributed by atoms with Gasteiger partial charge in [0, 0.05) is 17.1 Å². The molecule has 0 saturated carbocycles. The lowest BCUT2D eigenvalue weighted by atomic mass is 10.1. The molecule has 2 aromatic carbocycles. The van der Waals surface area contributed by atoms with Crippen LogP contribution in [0.4, 0.5) is 13.2 Å². The number of benzene rings is 2. The van der Waals surface area contributed by atoms with Crippen LogP contribution in [0.5, 0.6) is 5.75 Å². The quantitative estimate of drug-likeness (QED) is 0.839. The molecule has 0 unspecified atom stereocenters. The molecular weight excluding hydrogens is 343 g/mol. The van der Waals surface area contributed by atoms with Gasteiger partial charge in [-0.05, 0) is 48.4 Å². The Hall–Kier alpha value is -2.21. The molecule has 2 aromatic rings. The number of carbonyl (C=O) groups is 1. The number of ether oxygens (including phenoxy) is 1. The van der Waals surface area contributed by atoms with Gasteiger partial charge in [-0.1, -0.05) is 23.7 Å². The first kappa shape index (κ1) is 18.1. The van der Waals surface area contributed by atoms with Crippen LogP contribution in [0.15, 0.2) is 48.5 Å². The first-order chi connectivity index (χ1) is 11.3. The van der Waals surface area contributed by atoms with Gasteiger partial charge in [0.05, 0.1) is 0 Å². The van der Waals surface area contributed by atoms with Crippen LogP contribution >= 0.6 is 11.6 Å². The van der Waals surface area contributed by atoms with E-state index in [1.54, 1.807) is 12.1 Å². The Bertz CT molecular complexity index is 670. The molecule has 0 bridgehead atoms. The van der Waals surface area contributed by atoms with Gasteiger partial charge in [-0.3, -0.25) is 4.79 Å². The Morgan fingerprint density at radius 1 is 1.04 bits per heavy atom. The van der Waals surface area contributed by atoms with E-state index >= 15 is 0 Å². The fourth-order valence-electron chi connectivity index (χ4n) is 1.94. The van der Waals surface area contributed by atoms with Crippen LogP contribution in [0, 0.1) is 0 Å². The molecule has 24 heavy (non-hydrogen) atoms. The highest BCUT2D eigenvalue weighted by atomic mass is 35.5. The highest BCUT2D eigenvalue weighted by Crippen LogP contribution is 2.18. The van der Waals surface area contributed by atoms with E-state index in [9.17, 15) is 18.0 Å². The van der Waals surface area contributed by atoms with Crippen molar-refractivity contribution in [1.82, 2.24) is 5.32 Å². The highest BCUT2D eigenvalue weighted by Gasteiger charge is 2.28. The van der Waals surface area contributed by atoms with Crippen molar-refractivity contribution in [3.05, 3.63) is 64.7 Å². The van der Waals surface area contributed by atoms with Gasteiger partial charge in [0.15, 0.2) is 6.61 Å². The molecule has 0 aromatic heterocycles. The normalized spacial score (nSPS) is 11.2. The topological polar surface area (TPSA) is 38.3 Å². The number of rotatable bonds is 6. The van der Waals surface area contributed by atoms with Crippen molar-refractivity contribution in [2.45, 2.75) is 12.6 Å². The minimum Gasteiger partial charge on any atom is -0.484 e. The minimum absolute atomic E-state index is 0.0602. The molecular formula is C17H15ClF3NO2. The fraction of sp³-hybridized carbons (Fsp3) is 0.235. The van der Waals surface area contributed by atoms with E-state index in [1.807, 2.05) is 12.1 Å². The number of carbonyl (C=O) groups excluding carboxylic acids is 1. The summed E-state index contributed by atoms with van der Waals surface area (Å²) >= 11 is 5.79. The van der Waals surface area contributed by atoms with Crippen LogP contribution in [0.25, 0.3) is 0 Å². The van der Waals surface area contributed by atoms with Crippen molar-refractivity contribution in [3.8, 4) is 5.75 Å². The molecule has 0 radical (unpaired) electrons. The van der Waals surface area contributed by atoms with Crippen molar-refractivity contribution < 1.29 is 22.7 Å². The third-order valence-corrected chi connectivity index (χ3v) is 3.38. The number of halogens is 4. The van der Waals surface area contributed by atoms with Crippen LogP contribution in [0.1, 0.15) is 15.9 Å². The number of hydrogen-bond donors (Lipinski definition) is 1. The van der Waals surface area contributed by atoms with Gasteiger partial charge < -0.3 is 10.1 Å². The maximum Gasteiger partial charge on any atom is 0.422 e. The molecule has 0 fully saturated rings. The smallest absolute Gasteiger partial charge is 0.422 e. The third-order valence-electron chi connectivity index (χ3n) is 3.13. The number of alkyl halides is 3. The molecule has 7 heteroatoms. The first-order valence-corrected chi connectivity index (χ1v) is 7.53. The maximum atomic E-state index is 12.1. The molecule has 0 aliphatic rings. The Morgan fingerprint density at radius 3 is 2.25 bits per heavy atom. The summed E-state index contributed by atoms with van der Waals surface area (Å²) in [5.41, 5.74) is 1.39. The zero-order valence-electron chi connectivity index (χ0n) is 12.6. The van der Waals surface area contributed by atoms with E-state index in [4.69, 9.17) is 11.6 Å². The number of amides is 1. The van der Waals surface area contributed by atoms with E-state index in [2.05, 4.69) is 10.1 Å². The predicted octanol–water partition coefficient (Wildman–Crippen LogP) is 4.25. The summed E-state index contributed by atoms with van der Waals surface area (Å²) < 4.78 is 40.7. The lowest BCUT2D eigenvalue weighted by molar-refractivity contribution is -0.153. The SMILES string of the molecule is O=C(NCCc1ccc(Cl)cc1)c1ccc(OCC(F)(F)F)cc1. The Balaban J connectivity index is 1.80. The molecule has 0 spiro atoms. The van der Waals surface area contributed by atoms with Crippen molar-refractivity contribution in [3.63, 3.8) is 0 Å². The zero-order chi connectivity index (χ0) is 17.6. The monoisotopic (exact) mass is 357 g/mol. The van der Waals surface area contributed by atoms with E-state index < -0.39 is 12.8 Å². The molecule has 1 amide bonds. The Morgan fingerprint density at radius 2 is 1.67 bits per heavy atom. The summed E-state index contributed by atoms with van der Waals surface area (Å²) in [6, 6.07) is 12.8. The van der Waals surface area contributed by atoms with E-state index in [0.717, 1.165) is 5.56 Å². The summed E-state index contributed by atoms with van der Waals surface area (Å²) in [4.78, 5) is 12.0. The van der Waals surface area contributed by atoms with Crippen molar-refractivity contribution in [1.29, 1.82) is 0 Å². The van der Waals surface area contributed by atoms with Gasteiger partial charge in [-0.2, -0.15) is 13.2 Å². The molecule has 0 atom stereocenters. The Labute approximate surface area is 142 Å².